The Kier molecular flexibility index (Phi) is 1.30. The molecule has 0 aliphatic rings. The maximum atomic E-state index is 6.83. The zero-order valence-electron chi connectivity index (χ0n) is 4.64. The van der Waals surface area contributed by atoms with Gasteiger partial charge in [0.05, 0.1) is 12.2 Å². The Morgan fingerprint density at radius 1 is 1.88 bits per heavy atom. The van der Waals surface area contributed by atoms with Crippen LogP contribution in [0.2, 0.25) is 0 Å². The third kappa shape index (κ3) is 0.869. The van der Waals surface area contributed by atoms with Gasteiger partial charge in [-0.05, 0) is 6.92 Å². The van der Waals surface area contributed by atoms with E-state index in [1.54, 1.807) is 6.07 Å². The minimum atomic E-state index is 0.206. The SMILES string of the molecule is Cc1cc(C[NH])no1. The molecule has 0 atom stereocenters. The van der Waals surface area contributed by atoms with E-state index in [2.05, 4.69) is 9.68 Å². The van der Waals surface area contributed by atoms with Crippen LogP contribution in [0.15, 0.2) is 10.6 Å². The molecule has 0 aromatic carbocycles. The highest BCUT2D eigenvalue weighted by Crippen LogP contribution is 1.98. The molecule has 1 aromatic heterocycles. The lowest BCUT2D eigenvalue weighted by atomic mass is 10.4. The van der Waals surface area contributed by atoms with Crippen molar-refractivity contribution in [3.8, 4) is 0 Å². The summed E-state index contributed by atoms with van der Waals surface area (Å²) in [6.45, 7) is 2.02. The molecule has 3 nitrogen and oxygen atoms in total. The van der Waals surface area contributed by atoms with E-state index < -0.39 is 0 Å². The van der Waals surface area contributed by atoms with Crippen LogP contribution < -0.4 is 5.73 Å². The van der Waals surface area contributed by atoms with Gasteiger partial charge in [-0.25, -0.2) is 0 Å². The first kappa shape index (κ1) is 5.31. The van der Waals surface area contributed by atoms with Crippen molar-refractivity contribution in [2.75, 3.05) is 0 Å². The van der Waals surface area contributed by atoms with E-state index in [1.807, 2.05) is 6.92 Å². The molecule has 0 unspecified atom stereocenters. The molecule has 0 saturated heterocycles. The number of hydrogen-bond donors (Lipinski definition) is 0. The average Bonchev–Trinajstić information content (AvgIpc) is 2.14. The standard InChI is InChI=1S/C5H7N2O/c1-4-2-5(3-6)7-8-4/h2,6H,3H2,1H3. The Balaban J connectivity index is 2.84. The van der Waals surface area contributed by atoms with Crippen LogP contribution in [0.5, 0.6) is 0 Å². The summed E-state index contributed by atoms with van der Waals surface area (Å²) in [6, 6.07) is 1.76. The number of nitrogens with zero attached hydrogens (tertiary/aromatic N) is 1. The molecule has 3 heteroatoms. The topological polar surface area (TPSA) is 49.8 Å². The second-order valence-electron chi connectivity index (χ2n) is 1.61. The number of hydrogen-bond acceptors (Lipinski definition) is 2. The molecule has 0 fully saturated rings. The molecule has 1 radical (unpaired) electrons. The van der Waals surface area contributed by atoms with Gasteiger partial charge in [0.15, 0.2) is 0 Å². The Labute approximate surface area is 47.5 Å². The molecule has 1 N–H and O–H groups in total. The van der Waals surface area contributed by atoms with Gasteiger partial charge >= 0.3 is 0 Å². The average molecular weight is 111 g/mol. The summed E-state index contributed by atoms with van der Waals surface area (Å²) in [5, 5.41) is 3.57. The molecule has 0 amide bonds. The Morgan fingerprint density at radius 3 is 2.88 bits per heavy atom. The first-order valence-electron chi connectivity index (χ1n) is 2.39. The van der Waals surface area contributed by atoms with E-state index in [4.69, 9.17) is 5.73 Å². The smallest absolute Gasteiger partial charge is 0.133 e. The molecular weight excluding hydrogens is 104 g/mol. The minimum Gasteiger partial charge on any atom is -0.361 e. The fourth-order valence-electron chi connectivity index (χ4n) is 0.501. The number of aryl methyl sites for hydroxylation is 1. The first-order valence-corrected chi connectivity index (χ1v) is 2.39. The van der Waals surface area contributed by atoms with Crippen molar-refractivity contribution >= 4 is 0 Å². The quantitative estimate of drug-likeness (QED) is 0.537. The largest absolute Gasteiger partial charge is 0.361 e. The lowest BCUT2D eigenvalue weighted by Gasteiger charge is -1.74. The van der Waals surface area contributed by atoms with Crippen molar-refractivity contribution in [3.05, 3.63) is 17.5 Å². The highest BCUT2D eigenvalue weighted by Gasteiger charge is 1.94. The highest BCUT2D eigenvalue weighted by atomic mass is 16.5. The van der Waals surface area contributed by atoms with Crippen molar-refractivity contribution < 1.29 is 4.52 Å². The Morgan fingerprint density at radius 2 is 2.62 bits per heavy atom. The summed E-state index contributed by atoms with van der Waals surface area (Å²) >= 11 is 0. The summed E-state index contributed by atoms with van der Waals surface area (Å²) in [5.41, 5.74) is 7.53. The molecule has 8 heavy (non-hydrogen) atoms. The van der Waals surface area contributed by atoms with Crippen LogP contribution in [0.25, 0.3) is 0 Å². The van der Waals surface area contributed by atoms with Crippen LogP contribution in [0, 0.1) is 6.92 Å². The van der Waals surface area contributed by atoms with Gasteiger partial charge in [0, 0.05) is 6.07 Å². The molecule has 43 valence electrons. The molecule has 0 spiro atoms. The summed E-state index contributed by atoms with van der Waals surface area (Å²) in [7, 11) is 0. The van der Waals surface area contributed by atoms with E-state index in [-0.39, 0.29) is 6.54 Å². The van der Waals surface area contributed by atoms with Gasteiger partial charge in [-0.3, -0.25) is 5.73 Å². The van der Waals surface area contributed by atoms with Crippen molar-refractivity contribution in [1.29, 1.82) is 0 Å². The van der Waals surface area contributed by atoms with Gasteiger partial charge in [-0.15, -0.1) is 0 Å². The molecule has 1 aromatic rings. The third-order valence-corrected chi connectivity index (χ3v) is 0.858. The van der Waals surface area contributed by atoms with Crippen molar-refractivity contribution in [2.24, 2.45) is 0 Å². The van der Waals surface area contributed by atoms with Crippen molar-refractivity contribution in [1.82, 2.24) is 10.9 Å². The van der Waals surface area contributed by atoms with Crippen LogP contribution in [-0.2, 0) is 6.54 Å². The summed E-state index contributed by atoms with van der Waals surface area (Å²) in [4.78, 5) is 0. The molecule has 1 heterocycles. The van der Waals surface area contributed by atoms with Crippen LogP contribution >= 0.6 is 0 Å². The van der Waals surface area contributed by atoms with Gasteiger partial charge in [0.2, 0.25) is 0 Å². The zero-order valence-corrected chi connectivity index (χ0v) is 4.64. The van der Waals surface area contributed by atoms with Gasteiger partial charge in [0.1, 0.15) is 5.76 Å². The lowest BCUT2D eigenvalue weighted by Crippen LogP contribution is -1.80. The lowest BCUT2D eigenvalue weighted by molar-refractivity contribution is 0.390. The predicted octanol–water partition coefficient (Wildman–Crippen LogP) is 0.766. The molecule has 0 aliphatic heterocycles. The summed E-state index contributed by atoms with van der Waals surface area (Å²) in [5.74, 6) is 0.771. The molecular formula is C5H7N2O. The fraction of sp³-hybridized carbons (Fsp3) is 0.400. The van der Waals surface area contributed by atoms with E-state index >= 15 is 0 Å². The van der Waals surface area contributed by atoms with Crippen LogP contribution in [0.1, 0.15) is 11.5 Å². The number of nitrogens with one attached hydrogen (secondary N) is 1. The van der Waals surface area contributed by atoms with Gasteiger partial charge in [-0.2, -0.15) is 0 Å². The molecule has 0 aliphatic carbocycles. The predicted molar refractivity (Wildman–Crippen MR) is 28.0 cm³/mol. The maximum absolute atomic E-state index is 6.83. The second-order valence-corrected chi connectivity index (χ2v) is 1.61. The Bertz CT molecular complexity index is 171. The van der Waals surface area contributed by atoms with E-state index in [1.165, 1.54) is 0 Å². The van der Waals surface area contributed by atoms with E-state index in [0.29, 0.717) is 5.69 Å². The fourth-order valence-corrected chi connectivity index (χ4v) is 0.501. The molecule has 0 saturated carbocycles. The molecule has 0 bridgehead atoms. The minimum absolute atomic E-state index is 0.206. The summed E-state index contributed by atoms with van der Waals surface area (Å²) < 4.78 is 4.69. The van der Waals surface area contributed by atoms with Crippen molar-refractivity contribution in [3.63, 3.8) is 0 Å². The number of rotatable bonds is 1. The maximum Gasteiger partial charge on any atom is 0.133 e. The first-order chi connectivity index (χ1) is 3.83. The van der Waals surface area contributed by atoms with Crippen LogP contribution in [0.3, 0.4) is 0 Å². The van der Waals surface area contributed by atoms with E-state index in [0.717, 1.165) is 5.76 Å². The normalized spacial score (nSPS) is 9.75. The molecule has 1 rings (SSSR count). The van der Waals surface area contributed by atoms with Crippen molar-refractivity contribution in [2.45, 2.75) is 13.5 Å². The van der Waals surface area contributed by atoms with E-state index in [9.17, 15) is 0 Å². The summed E-state index contributed by atoms with van der Waals surface area (Å²) in [6.07, 6.45) is 0. The highest BCUT2D eigenvalue weighted by molar-refractivity contribution is 5.01. The van der Waals surface area contributed by atoms with Gasteiger partial charge in [-0.1, -0.05) is 5.16 Å². The third-order valence-electron chi connectivity index (χ3n) is 0.858. The number of aromatic nitrogens is 1. The second kappa shape index (κ2) is 1.96. The van der Waals surface area contributed by atoms with Crippen LogP contribution in [-0.4, -0.2) is 5.16 Å². The Hall–Kier alpha value is -0.830. The van der Waals surface area contributed by atoms with Gasteiger partial charge in [0.25, 0.3) is 0 Å². The van der Waals surface area contributed by atoms with Crippen LogP contribution in [0.4, 0.5) is 0 Å². The van der Waals surface area contributed by atoms with Gasteiger partial charge < -0.3 is 4.52 Å². The monoisotopic (exact) mass is 111 g/mol. The zero-order chi connectivity index (χ0) is 5.98.